The molecule has 2 aromatic heterocycles. The summed E-state index contributed by atoms with van der Waals surface area (Å²) >= 11 is 0. The van der Waals surface area contributed by atoms with E-state index in [-0.39, 0.29) is 0 Å². The first-order chi connectivity index (χ1) is 10.2. The van der Waals surface area contributed by atoms with E-state index in [1.807, 2.05) is 24.3 Å². The first kappa shape index (κ1) is 11.8. The van der Waals surface area contributed by atoms with E-state index in [4.69, 9.17) is 0 Å². The number of aromatic nitrogens is 4. The molecule has 0 unspecified atom stereocenters. The SMILES string of the molecule is Fc1ccc(Nc2nc3nc4ccccc4n3[nH]2)cc1F. The van der Waals surface area contributed by atoms with Gasteiger partial charge >= 0.3 is 0 Å². The van der Waals surface area contributed by atoms with Gasteiger partial charge in [0.25, 0.3) is 5.78 Å². The van der Waals surface area contributed by atoms with Crippen LogP contribution in [0.2, 0.25) is 0 Å². The van der Waals surface area contributed by atoms with Gasteiger partial charge in [-0.2, -0.15) is 4.98 Å². The molecule has 21 heavy (non-hydrogen) atoms. The Balaban J connectivity index is 1.75. The predicted octanol–water partition coefficient (Wildman–Crippen LogP) is 3.23. The van der Waals surface area contributed by atoms with Crippen molar-refractivity contribution in [1.82, 2.24) is 19.6 Å². The number of hydrogen-bond donors (Lipinski definition) is 2. The van der Waals surface area contributed by atoms with E-state index in [1.165, 1.54) is 6.07 Å². The van der Waals surface area contributed by atoms with Gasteiger partial charge in [0.2, 0.25) is 5.95 Å². The number of benzene rings is 2. The van der Waals surface area contributed by atoms with E-state index in [0.717, 1.165) is 23.2 Å². The average Bonchev–Trinajstić information content (AvgIpc) is 3.00. The van der Waals surface area contributed by atoms with Crippen LogP contribution in [0.1, 0.15) is 0 Å². The van der Waals surface area contributed by atoms with Gasteiger partial charge in [-0.05, 0) is 24.3 Å². The molecule has 0 saturated heterocycles. The van der Waals surface area contributed by atoms with E-state index < -0.39 is 11.6 Å². The number of anilines is 2. The summed E-state index contributed by atoms with van der Waals surface area (Å²) in [6.07, 6.45) is 0. The van der Waals surface area contributed by atoms with Gasteiger partial charge in [0.15, 0.2) is 11.6 Å². The van der Waals surface area contributed by atoms with E-state index in [1.54, 1.807) is 4.52 Å². The largest absolute Gasteiger partial charge is 0.324 e. The highest BCUT2D eigenvalue weighted by molar-refractivity contribution is 5.79. The molecule has 2 heterocycles. The molecular weight excluding hydrogens is 276 g/mol. The molecule has 0 fully saturated rings. The second kappa shape index (κ2) is 4.27. The van der Waals surface area contributed by atoms with Crippen molar-refractivity contribution in [2.24, 2.45) is 0 Å². The summed E-state index contributed by atoms with van der Waals surface area (Å²) in [7, 11) is 0. The highest BCUT2D eigenvalue weighted by Gasteiger charge is 2.10. The van der Waals surface area contributed by atoms with Crippen molar-refractivity contribution < 1.29 is 8.78 Å². The van der Waals surface area contributed by atoms with Crippen LogP contribution in [0.25, 0.3) is 16.8 Å². The van der Waals surface area contributed by atoms with E-state index >= 15 is 0 Å². The predicted molar refractivity (Wildman–Crippen MR) is 74.5 cm³/mol. The third kappa shape index (κ3) is 1.90. The Morgan fingerprint density at radius 1 is 1.00 bits per heavy atom. The van der Waals surface area contributed by atoms with Crippen molar-refractivity contribution in [1.29, 1.82) is 0 Å². The number of nitrogens with one attached hydrogen (secondary N) is 2. The van der Waals surface area contributed by atoms with Gasteiger partial charge in [-0.3, -0.25) is 5.10 Å². The molecule has 0 bridgehead atoms. The van der Waals surface area contributed by atoms with Gasteiger partial charge in [0, 0.05) is 11.8 Å². The van der Waals surface area contributed by atoms with E-state index in [9.17, 15) is 8.78 Å². The Labute approximate surface area is 117 Å². The monoisotopic (exact) mass is 285 g/mol. The lowest BCUT2D eigenvalue weighted by Crippen LogP contribution is -1.95. The molecule has 0 atom stereocenters. The number of imidazole rings is 1. The van der Waals surface area contributed by atoms with Gasteiger partial charge in [-0.15, -0.1) is 0 Å². The molecule has 0 amide bonds. The molecule has 2 N–H and O–H groups in total. The molecular formula is C14H9F2N5. The van der Waals surface area contributed by atoms with Crippen LogP contribution in [0.4, 0.5) is 20.4 Å². The smallest absolute Gasteiger partial charge is 0.253 e. The molecule has 7 heteroatoms. The molecule has 0 saturated carbocycles. The molecule has 104 valence electrons. The van der Waals surface area contributed by atoms with Crippen molar-refractivity contribution in [2.75, 3.05) is 5.32 Å². The van der Waals surface area contributed by atoms with Crippen molar-refractivity contribution >= 4 is 28.4 Å². The zero-order valence-corrected chi connectivity index (χ0v) is 10.6. The highest BCUT2D eigenvalue weighted by Crippen LogP contribution is 2.19. The van der Waals surface area contributed by atoms with Crippen LogP contribution in [-0.4, -0.2) is 19.6 Å². The minimum Gasteiger partial charge on any atom is -0.324 e. The maximum absolute atomic E-state index is 13.2. The second-order valence-corrected chi connectivity index (χ2v) is 4.56. The third-order valence-corrected chi connectivity index (χ3v) is 3.15. The fraction of sp³-hybridized carbons (Fsp3) is 0. The summed E-state index contributed by atoms with van der Waals surface area (Å²) in [6.45, 7) is 0. The third-order valence-electron chi connectivity index (χ3n) is 3.15. The number of H-pyrrole nitrogens is 1. The summed E-state index contributed by atoms with van der Waals surface area (Å²) in [5.41, 5.74) is 2.11. The fourth-order valence-electron chi connectivity index (χ4n) is 2.20. The number of nitrogens with zero attached hydrogens (tertiary/aromatic N) is 3. The lowest BCUT2D eigenvalue weighted by molar-refractivity contribution is 0.509. The first-order valence-corrected chi connectivity index (χ1v) is 6.26. The number of halogens is 2. The van der Waals surface area contributed by atoms with Crippen molar-refractivity contribution in [3.63, 3.8) is 0 Å². The second-order valence-electron chi connectivity index (χ2n) is 4.56. The van der Waals surface area contributed by atoms with Gasteiger partial charge in [-0.1, -0.05) is 12.1 Å². The number of aromatic amines is 1. The summed E-state index contributed by atoms with van der Waals surface area (Å²) in [6, 6.07) is 11.2. The maximum atomic E-state index is 13.2. The Morgan fingerprint density at radius 2 is 1.86 bits per heavy atom. The topological polar surface area (TPSA) is 58.0 Å². The van der Waals surface area contributed by atoms with E-state index in [0.29, 0.717) is 17.4 Å². The summed E-state index contributed by atoms with van der Waals surface area (Å²) in [5, 5.41) is 5.89. The highest BCUT2D eigenvalue weighted by atomic mass is 19.2. The quantitative estimate of drug-likeness (QED) is 0.594. The number of hydrogen-bond acceptors (Lipinski definition) is 3. The number of rotatable bonds is 2. The molecule has 4 rings (SSSR count). The minimum atomic E-state index is -0.915. The van der Waals surface area contributed by atoms with Crippen molar-refractivity contribution in [3.8, 4) is 0 Å². The average molecular weight is 285 g/mol. The van der Waals surface area contributed by atoms with Gasteiger partial charge in [0.05, 0.1) is 11.0 Å². The van der Waals surface area contributed by atoms with Crippen LogP contribution in [0.15, 0.2) is 42.5 Å². The van der Waals surface area contributed by atoms with Crippen LogP contribution in [-0.2, 0) is 0 Å². The van der Waals surface area contributed by atoms with Crippen molar-refractivity contribution in [3.05, 3.63) is 54.1 Å². The molecule has 5 nitrogen and oxygen atoms in total. The molecule has 0 spiro atoms. The molecule has 4 aromatic rings. The molecule has 0 radical (unpaired) electrons. The molecule has 0 aliphatic heterocycles. The van der Waals surface area contributed by atoms with Crippen molar-refractivity contribution in [2.45, 2.75) is 0 Å². The minimum absolute atomic E-state index is 0.397. The van der Waals surface area contributed by atoms with Crippen LogP contribution in [0, 0.1) is 11.6 Å². The lowest BCUT2D eigenvalue weighted by atomic mass is 10.3. The summed E-state index contributed by atoms with van der Waals surface area (Å²) in [5.74, 6) is -0.905. The van der Waals surface area contributed by atoms with Gasteiger partial charge < -0.3 is 5.32 Å². The number of fused-ring (bicyclic) bond motifs is 3. The molecule has 0 aliphatic rings. The Bertz CT molecular complexity index is 956. The zero-order valence-electron chi connectivity index (χ0n) is 10.6. The van der Waals surface area contributed by atoms with E-state index in [2.05, 4.69) is 20.4 Å². The van der Waals surface area contributed by atoms with Crippen LogP contribution in [0.3, 0.4) is 0 Å². The molecule has 2 aromatic carbocycles. The molecule has 0 aliphatic carbocycles. The Kier molecular flexibility index (Phi) is 2.41. The van der Waals surface area contributed by atoms with Gasteiger partial charge in [-0.25, -0.2) is 18.3 Å². The van der Waals surface area contributed by atoms with Gasteiger partial charge in [0.1, 0.15) is 0 Å². The van der Waals surface area contributed by atoms with Crippen LogP contribution in [0.5, 0.6) is 0 Å². The first-order valence-electron chi connectivity index (χ1n) is 6.26. The lowest BCUT2D eigenvalue weighted by Gasteiger charge is -2.02. The van der Waals surface area contributed by atoms with Crippen LogP contribution < -0.4 is 5.32 Å². The Hall–Kier alpha value is -2.96. The fourth-order valence-corrected chi connectivity index (χ4v) is 2.20. The maximum Gasteiger partial charge on any atom is 0.253 e. The zero-order chi connectivity index (χ0) is 14.4. The number of para-hydroxylation sites is 2. The summed E-state index contributed by atoms with van der Waals surface area (Å²) in [4.78, 5) is 8.62. The normalized spacial score (nSPS) is 11.3. The Morgan fingerprint density at radius 3 is 2.71 bits per heavy atom. The standard InChI is InChI=1S/C14H9F2N5/c15-9-6-5-8(7-10(9)16)17-13-19-14-18-11-3-1-2-4-12(11)21(14)20-13/h1-7H,(H2,17,18,19,20). The summed E-state index contributed by atoms with van der Waals surface area (Å²) < 4.78 is 27.8. The van der Waals surface area contributed by atoms with Crippen LogP contribution >= 0.6 is 0 Å².